The van der Waals surface area contributed by atoms with E-state index in [0.717, 1.165) is 14.6 Å². The fourth-order valence-corrected chi connectivity index (χ4v) is 3.57. The molecule has 0 aliphatic rings. The number of rotatable bonds is 2. The van der Waals surface area contributed by atoms with Crippen molar-refractivity contribution < 1.29 is 9.90 Å². The highest BCUT2D eigenvalue weighted by molar-refractivity contribution is 7.16. The number of fused-ring (bicyclic) bond motifs is 1. The summed E-state index contributed by atoms with van der Waals surface area (Å²) in [7, 11) is 0. The highest BCUT2D eigenvalue weighted by atomic mass is 32.1. The summed E-state index contributed by atoms with van der Waals surface area (Å²) in [5.41, 5.74) is 1.13. The van der Waals surface area contributed by atoms with E-state index < -0.39 is 5.97 Å². The maximum atomic E-state index is 11.2. The van der Waals surface area contributed by atoms with E-state index in [1.165, 1.54) is 22.0 Å². The van der Waals surface area contributed by atoms with E-state index in [1.54, 1.807) is 17.5 Å². The van der Waals surface area contributed by atoms with Crippen LogP contribution in [-0.2, 0) is 0 Å². The summed E-state index contributed by atoms with van der Waals surface area (Å²) in [6.45, 7) is 0. The van der Waals surface area contributed by atoms with Crippen LogP contribution in [0.4, 0.5) is 0 Å². The van der Waals surface area contributed by atoms with Gasteiger partial charge in [0.15, 0.2) is 5.65 Å². The Morgan fingerprint density at radius 1 is 1.17 bits per heavy atom. The van der Waals surface area contributed by atoms with Crippen LogP contribution in [0.1, 0.15) is 20.1 Å². The molecule has 0 amide bonds. The molecule has 0 aromatic carbocycles. The number of aromatic carboxylic acids is 1. The number of hydrogen-bond donors (Lipinski definition) is 1. The Balaban J connectivity index is 1.70. The van der Waals surface area contributed by atoms with Crippen LogP contribution < -0.4 is 0 Å². The van der Waals surface area contributed by atoms with Crippen LogP contribution >= 0.6 is 22.7 Å². The molecule has 1 N–H and O–H groups in total. The standard InChI is InChI=1S/C17H9N3O2S2/c21-17(22)13-10-18-20-8-7-14(19-16(13)20)15-6-5-12(24-15)4-3-11-2-1-9-23-11/h1-2,5-10H,(H,21,22). The third-order valence-corrected chi connectivity index (χ3v) is 5.10. The molecule has 4 rings (SSSR count). The molecule has 0 bridgehead atoms. The quantitative estimate of drug-likeness (QED) is 0.560. The number of thiophene rings is 2. The minimum Gasteiger partial charge on any atom is -0.477 e. The number of carbonyl (C=O) groups is 1. The molecule has 4 heterocycles. The van der Waals surface area contributed by atoms with Crippen molar-refractivity contribution in [3.8, 4) is 22.4 Å². The molecule has 116 valence electrons. The van der Waals surface area contributed by atoms with Gasteiger partial charge in [-0.15, -0.1) is 22.7 Å². The molecule has 4 aromatic rings. The Hall–Kier alpha value is -2.95. The second-order valence-corrected chi connectivity index (χ2v) is 6.87. The Labute approximate surface area is 144 Å². The van der Waals surface area contributed by atoms with E-state index in [-0.39, 0.29) is 5.56 Å². The van der Waals surface area contributed by atoms with Gasteiger partial charge in [-0.05, 0) is 41.5 Å². The topological polar surface area (TPSA) is 67.5 Å². The average molecular weight is 351 g/mol. The maximum Gasteiger partial charge on any atom is 0.341 e. The number of carboxylic acid groups (broad SMARTS) is 1. The van der Waals surface area contributed by atoms with Gasteiger partial charge < -0.3 is 5.11 Å². The van der Waals surface area contributed by atoms with Gasteiger partial charge >= 0.3 is 5.97 Å². The van der Waals surface area contributed by atoms with Crippen molar-refractivity contribution in [2.45, 2.75) is 0 Å². The third kappa shape index (κ3) is 2.69. The van der Waals surface area contributed by atoms with Gasteiger partial charge in [0.1, 0.15) is 5.56 Å². The summed E-state index contributed by atoms with van der Waals surface area (Å²) < 4.78 is 1.46. The van der Waals surface area contributed by atoms with Gasteiger partial charge in [-0.2, -0.15) is 5.10 Å². The monoisotopic (exact) mass is 351 g/mol. The first-order valence-corrected chi connectivity index (χ1v) is 8.64. The molecule has 0 aliphatic carbocycles. The number of hydrogen-bond acceptors (Lipinski definition) is 5. The number of carboxylic acids is 1. The molecule has 0 atom stereocenters. The molecule has 4 aromatic heterocycles. The molecule has 0 radical (unpaired) electrons. The van der Waals surface area contributed by atoms with E-state index in [0.29, 0.717) is 11.3 Å². The van der Waals surface area contributed by atoms with Crippen LogP contribution in [0.15, 0.2) is 48.1 Å². The van der Waals surface area contributed by atoms with Crippen molar-refractivity contribution >= 4 is 34.3 Å². The Morgan fingerprint density at radius 2 is 2.04 bits per heavy atom. The fraction of sp³-hybridized carbons (Fsp3) is 0. The molecule has 24 heavy (non-hydrogen) atoms. The lowest BCUT2D eigenvalue weighted by Gasteiger charge is -1.98. The molecular formula is C17H9N3O2S2. The fourth-order valence-electron chi connectivity index (χ4n) is 2.17. The summed E-state index contributed by atoms with van der Waals surface area (Å²) in [5.74, 6) is 5.22. The van der Waals surface area contributed by atoms with E-state index >= 15 is 0 Å². The molecule has 0 saturated carbocycles. The van der Waals surface area contributed by atoms with Gasteiger partial charge in [0.2, 0.25) is 0 Å². The molecule has 7 heteroatoms. The summed E-state index contributed by atoms with van der Waals surface area (Å²) in [5, 5.41) is 15.2. The summed E-state index contributed by atoms with van der Waals surface area (Å²) in [6, 6.07) is 9.65. The van der Waals surface area contributed by atoms with Gasteiger partial charge in [0, 0.05) is 6.20 Å². The lowest BCUT2D eigenvalue weighted by atomic mass is 10.3. The minimum atomic E-state index is -1.04. The first-order chi connectivity index (χ1) is 11.7. The molecule has 0 saturated heterocycles. The SMILES string of the molecule is O=C(O)c1cnn2ccc(-c3ccc(C#Cc4cccs4)s3)nc12. The van der Waals surface area contributed by atoms with Crippen LogP contribution in [0.2, 0.25) is 0 Å². The van der Waals surface area contributed by atoms with Gasteiger partial charge in [0.25, 0.3) is 0 Å². The highest BCUT2D eigenvalue weighted by Crippen LogP contribution is 2.27. The Morgan fingerprint density at radius 3 is 2.83 bits per heavy atom. The average Bonchev–Trinajstić information content (AvgIpc) is 3.31. The van der Waals surface area contributed by atoms with Crippen molar-refractivity contribution in [2.24, 2.45) is 0 Å². The van der Waals surface area contributed by atoms with Gasteiger partial charge in [-0.3, -0.25) is 0 Å². The third-order valence-electron chi connectivity index (χ3n) is 3.29. The highest BCUT2D eigenvalue weighted by Gasteiger charge is 2.14. The molecule has 0 unspecified atom stereocenters. The summed E-state index contributed by atoms with van der Waals surface area (Å²) >= 11 is 3.13. The van der Waals surface area contributed by atoms with Crippen molar-refractivity contribution in [3.63, 3.8) is 0 Å². The predicted octanol–water partition coefficient (Wildman–Crippen LogP) is 3.62. The van der Waals surface area contributed by atoms with Crippen LogP contribution in [0, 0.1) is 11.8 Å². The zero-order valence-corrected chi connectivity index (χ0v) is 13.8. The maximum absolute atomic E-state index is 11.2. The molecular weight excluding hydrogens is 342 g/mol. The van der Waals surface area contributed by atoms with Crippen LogP contribution in [0.3, 0.4) is 0 Å². The van der Waals surface area contributed by atoms with Crippen LogP contribution in [0.5, 0.6) is 0 Å². The van der Waals surface area contributed by atoms with E-state index in [9.17, 15) is 9.90 Å². The first kappa shape index (κ1) is 14.6. The van der Waals surface area contributed by atoms with Crippen LogP contribution in [-0.4, -0.2) is 25.7 Å². The van der Waals surface area contributed by atoms with Gasteiger partial charge in [-0.1, -0.05) is 6.07 Å². The molecule has 0 aliphatic heterocycles. The van der Waals surface area contributed by atoms with Crippen molar-refractivity contribution in [1.29, 1.82) is 0 Å². The van der Waals surface area contributed by atoms with Gasteiger partial charge in [-0.25, -0.2) is 14.3 Å². The smallest absolute Gasteiger partial charge is 0.341 e. The Kier molecular flexibility index (Phi) is 3.61. The predicted molar refractivity (Wildman–Crippen MR) is 93.6 cm³/mol. The minimum absolute atomic E-state index is 0.0890. The molecule has 0 spiro atoms. The van der Waals surface area contributed by atoms with Crippen molar-refractivity contribution in [2.75, 3.05) is 0 Å². The lowest BCUT2D eigenvalue weighted by molar-refractivity contribution is 0.0699. The van der Waals surface area contributed by atoms with Crippen molar-refractivity contribution in [1.82, 2.24) is 14.6 Å². The summed E-state index contributed by atoms with van der Waals surface area (Å²) in [4.78, 5) is 18.5. The second kappa shape index (κ2) is 5.92. The Bertz CT molecular complexity index is 1100. The number of aromatic nitrogens is 3. The van der Waals surface area contributed by atoms with Crippen LogP contribution in [0.25, 0.3) is 16.2 Å². The lowest BCUT2D eigenvalue weighted by Crippen LogP contribution is -1.98. The first-order valence-electron chi connectivity index (χ1n) is 6.94. The number of nitrogens with zero attached hydrogens (tertiary/aromatic N) is 3. The zero-order chi connectivity index (χ0) is 16.5. The molecule has 5 nitrogen and oxygen atoms in total. The van der Waals surface area contributed by atoms with E-state index in [1.807, 2.05) is 35.7 Å². The molecule has 0 fully saturated rings. The normalized spacial score (nSPS) is 10.5. The summed E-state index contributed by atoms with van der Waals surface area (Å²) in [6.07, 6.45) is 3.02. The largest absolute Gasteiger partial charge is 0.477 e. The second-order valence-electron chi connectivity index (χ2n) is 4.84. The zero-order valence-electron chi connectivity index (χ0n) is 12.1. The van der Waals surface area contributed by atoms with Gasteiger partial charge in [0.05, 0.1) is 26.5 Å². The van der Waals surface area contributed by atoms with E-state index in [2.05, 4.69) is 21.9 Å². The van der Waals surface area contributed by atoms with Crippen molar-refractivity contribution in [3.05, 3.63) is 63.4 Å². The van der Waals surface area contributed by atoms with E-state index in [4.69, 9.17) is 0 Å².